The van der Waals surface area contributed by atoms with Crippen LogP contribution in [-0.2, 0) is 12.3 Å². The molecule has 0 spiro atoms. The summed E-state index contributed by atoms with van der Waals surface area (Å²) in [6.07, 6.45) is 7.45. The summed E-state index contributed by atoms with van der Waals surface area (Å²) < 4.78 is 0. The fourth-order valence-corrected chi connectivity index (χ4v) is 4.36. The second kappa shape index (κ2) is 8.43. The highest BCUT2D eigenvalue weighted by atomic mass is 32.2. The van der Waals surface area contributed by atoms with Crippen LogP contribution in [0.1, 0.15) is 35.2 Å². The number of aromatic nitrogens is 3. The van der Waals surface area contributed by atoms with Gasteiger partial charge in [-0.3, -0.25) is 0 Å². The minimum absolute atomic E-state index is 0.0202. The lowest BCUT2D eigenvalue weighted by Crippen LogP contribution is -2.44. The third-order valence-electron chi connectivity index (χ3n) is 4.02. The Morgan fingerprint density at radius 2 is 2.46 bits per heavy atom. The van der Waals surface area contributed by atoms with Crippen LogP contribution in [0.25, 0.3) is 0 Å². The van der Waals surface area contributed by atoms with Crippen molar-refractivity contribution in [2.45, 2.75) is 31.1 Å². The number of thiazole rings is 1. The molecule has 0 aliphatic carbocycles. The lowest BCUT2D eigenvalue weighted by Gasteiger charge is -2.32. The molecular weight excluding hydrogens is 342 g/mol. The van der Waals surface area contributed by atoms with Crippen molar-refractivity contribution >= 4 is 29.1 Å². The predicted octanol–water partition coefficient (Wildman–Crippen LogP) is 2.89. The van der Waals surface area contributed by atoms with Gasteiger partial charge in [0.2, 0.25) is 0 Å². The maximum atomic E-state index is 12.4. The zero-order valence-corrected chi connectivity index (χ0v) is 15.3. The molecule has 0 aromatic carbocycles. The molecule has 1 aliphatic heterocycles. The summed E-state index contributed by atoms with van der Waals surface area (Å²) in [7, 11) is 0. The van der Waals surface area contributed by atoms with Gasteiger partial charge in [-0.15, -0.1) is 11.3 Å². The number of thioether (sulfide) groups is 1. The Morgan fingerprint density at radius 3 is 3.25 bits per heavy atom. The summed E-state index contributed by atoms with van der Waals surface area (Å²) >= 11 is 3.40. The van der Waals surface area contributed by atoms with Crippen molar-refractivity contribution < 1.29 is 4.79 Å². The number of hydrogen-bond donors (Lipinski definition) is 1. The van der Waals surface area contributed by atoms with Gasteiger partial charge in [0.1, 0.15) is 11.3 Å². The van der Waals surface area contributed by atoms with E-state index in [4.69, 9.17) is 0 Å². The van der Waals surface area contributed by atoms with Crippen LogP contribution in [0.5, 0.6) is 0 Å². The molecule has 0 bridgehead atoms. The number of likely N-dealkylation sites (tertiary alicyclic amines) is 1. The summed E-state index contributed by atoms with van der Waals surface area (Å²) in [6, 6.07) is 1.92. The maximum Gasteiger partial charge on any atom is 0.317 e. The SMILES string of the molecule is CSCc1nc(CNC(=O)N2CCC[C@H](c3ccncn3)C2)cs1. The standard InChI is InChI=1S/C16H21N5OS2/c1-23-10-15-20-13(9-24-15)7-18-16(22)21-6-2-3-12(8-21)14-4-5-17-11-19-14/h4-5,9,11-12H,2-3,6-8,10H2,1H3,(H,18,22)/t12-/m0/s1. The molecule has 2 aromatic heterocycles. The van der Waals surface area contributed by atoms with Gasteiger partial charge in [-0.2, -0.15) is 11.8 Å². The van der Waals surface area contributed by atoms with E-state index in [0.29, 0.717) is 19.0 Å². The van der Waals surface area contributed by atoms with Crippen molar-refractivity contribution in [3.05, 3.63) is 40.4 Å². The van der Waals surface area contributed by atoms with E-state index in [9.17, 15) is 4.79 Å². The third-order valence-corrected chi connectivity index (χ3v) is 5.66. The van der Waals surface area contributed by atoms with E-state index >= 15 is 0 Å². The van der Waals surface area contributed by atoms with E-state index in [1.807, 2.05) is 16.3 Å². The molecule has 8 heteroatoms. The largest absolute Gasteiger partial charge is 0.332 e. The van der Waals surface area contributed by atoms with Crippen molar-refractivity contribution in [3.63, 3.8) is 0 Å². The van der Waals surface area contributed by atoms with Gasteiger partial charge in [-0.1, -0.05) is 0 Å². The van der Waals surface area contributed by atoms with E-state index in [1.54, 1.807) is 35.6 Å². The van der Waals surface area contributed by atoms with Crippen LogP contribution in [0.4, 0.5) is 4.79 Å². The Morgan fingerprint density at radius 1 is 1.54 bits per heavy atom. The molecule has 0 saturated carbocycles. The molecule has 1 saturated heterocycles. The first-order valence-corrected chi connectivity index (χ1v) is 10.2. The first-order chi connectivity index (χ1) is 11.8. The lowest BCUT2D eigenvalue weighted by atomic mass is 9.95. The highest BCUT2D eigenvalue weighted by Gasteiger charge is 2.25. The van der Waals surface area contributed by atoms with Gasteiger partial charge in [-0.05, 0) is 25.2 Å². The van der Waals surface area contributed by atoms with E-state index in [0.717, 1.165) is 41.5 Å². The molecule has 1 aliphatic rings. The minimum Gasteiger partial charge on any atom is -0.332 e. The minimum atomic E-state index is -0.0202. The number of carbonyl (C=O) groups is 1. The molecule has 0 radical (unpaired) electrons. The Bertz CT molecular complexity index is 663. The summed E-state index contributed by atoms with van der Waals surface area (Å²) in [5, 5.41) is 6.11. The average Bonchev–Trinajstić information content (AvgIpc) is 3.08. The summed E-state index contributed by atoms with van der Waals surface area (Å²) in [4.78, 5) is 27.1. The summed E-state index contributed by atoms with van der Waals surface area (Å²) in [6.45, 7) is 1.98. The smallest absolute Gasteiger partial charge is 0.317 e. The van der Waals surface area contributed by atoms with Crippen LogP contribution in [0, 0.1) is 0 Å². The highest BCUT2D eigenvalue weighted by molar-refractivity contribution is 7.97. The second-order valence-electron chi connectivity index (χ2n) is 5.74. The Kier molecular flexibility index (Phi) is 6.03. The highest BCUT2D eigenvalue weighted by Crippen LogP contribution is 2.25. The molecule has 24 heavy (non-hydrogen) atoms. The normalized spacial score (nSPS) is 17.7. The molecule has 2 aromatic rings. The number of nitrogens with zero attached hydrogens (tertiary/aromatic N) is 4. The van der Waals surface area contributed by atoms with Gasteiger partial charge in [0, 0.05) is 42.0 Å². The van der Waals surface area contributed by atoms with Crippen LogP contribution in [0.2, 0.25) is 0 Å². The van der Waals surface area contributed by atoms with Crippen molar-refractivity contribution in [3.8, 4) is 0 Å². The monoisotopic (exact) mass is 363 g/mol. The van der Waals surface area contributed by atoms with E-state index in [2.05, 4.69) is 26.5 Å². The molecule has 3 heterocycles. The number of carbonyl (C=O) groups excluding carboxylic acids is 1. The van der Waals surface area contributed by atoms with Crippen molar-refractivity contribution in [2.24, 2.45) is 0 Å². The van der Waals surface area contributed by atoms with Gasteiger partial charge < -0.3 is 10.2 Å². The van der Waals surface area contributed by atoms with Crippen LogP contribution in [-0.4, -0.2) is 45.2 Å². The number of urea groups is 1. The Labute approximate surface area is 150 Å². The summed E-state index contributed by atoms with van der Waals surface area (Å²) in [5.41, 5.74) is 1.95. The predicted molar refractivity (Wildman–Crippen MR) is 97.1 cm³/mol. The fraction of sp³-hybridized carbons (Fsp3) is 0.500. The van der Waals surface area contributed by atoms with E-state index in [1.165, 1.54) is 0 Å². The fourth-order valence-electron chi connectivity index (χ4n) is 2.84. The zero-order valence-electron chi connectivity index (χ0n) is 13.6. The second-order valence-corrected chi connectivity index (χ2v) is 7.55. The van der Waals surface area contributed by atoms with Crippen molar-refractivity contribution in [2.75, 3.05) is 19.3 Å². The Balaban J connectivity index is 1.52. The van der Waals surface area contributed by atoms with Crippen LogP contribution >= 0.6 is 23.1 Å². The number of hydrogen-bond acceptors (Lipinski definition) is 6. The maximum absolute atomic E-state index is 12.4. The van der Waals surface area contributed by atoms with Crippen LogP contribution in [0.3, 0.4) is 0 Å². The first-order valence-electron chi connectivity index (χ1n) is 7.97. The van der Waals surface area contributed by atoms with Crippen LogP contribution < -0.4 is 5.32 Å². The number of nitrogens with one attached hydrogen (secondary N) is 1. The van der Waals surface area contributed by atoms with Gasteiger partial charge in [0.05, 0.1) is 12.2 Å². The molecule has 128 valence electrons. The average molecular weight is 364 g/mol. The molecule has 3 rings (SSSR count). The molecule has 1 fully saturated rings. The lowest BCUT2D eigenvalue weighted by molar-refractivity contribution is 0.178. The van der Waals surface area contributed by atoms with E-state index < -0.39 is 0 Å². The van der Waals surface area contributed by atoms with Gasteiger partial charge >= 0.3 is 6.03 Å². The first kappa shape index (κ1) is 17.2. The van der Waals surface area contributed by atoms with Gasteiger partial charge in [0.25, 0.3) is 0 Å². The van der Waals surface area contributed by atoms with Crippen LogP contribution in [0.15, 0.2) is 24.0 Å². The Hall–Kier alpha value is -1.67. The number of amides is 2. The molecule has 0 unspecified atom stereocenters. The topological polar surface area (TPSA) is 71.0 Å². The van der Waals surface area contributed by atoms with Gasteiger partial charge in [0.15, 0.2) is 0 Å². The molecule has 2 amide bonds. The summed E-state index contributed by atoms with van der Waals surface area (Å²) in [5.74, 6) is 1.21. The molecule has 1 N–H and O–H groups in total. The van der Waals surface area contributed by atoms with Gasteiger partial charge in [-0.25, -0.2) is 19.7 Å². The quantitative estimate of drug-likeness (QED) is 0.884. The van der Waals surface area contributed by atoms with Crippen molar-refractivity contribution in [1.29, 1.82) is 0 Å². The number of piperidine rings is 1. The zero-order chi connectivity index (χ0) is 16.8. The van der Waals surface area contributed by atoms with Crippen molar-refractivity contribution in [1.82, 2.24) is 25.2 Å². The molecular formula is C16H21N5OS2. The number of rotatable bonds is 5. The molecule has 6 nitrogen and oxygen atoms in total. The third kappa shape index (κ3) is 4.45. The molecule has 1 atom stereocenters. The van der Waals surface area contributed by atoms with E-state index in [-0.39, 0.29) is 6.03 Å².